The molecule has 8 nitrogen and oxygen atoms in total. The number of imide groups is 1. The number of fused-ring (bicyclic) bond motifs is 1. The van der Waals surface area contributed by atoms with Gasteiger partial charge in [-0.25, -0.2) is 8.78 Å². The maximum Gasteiger partial charge on any atom is 0.320 e. The van der Waals surface area contributed by atoms with Gasteiger partial charge in [0.15, 0.2) is 0 Å². The van der Waals surface area contributed by atoms with E-state index in [0.29, 0.717) is 42.6 Å². The monoisotopic (exact) mass is 490 g/mol. The van der Waals surface area contributed by atoms with Gasteiger partial charge in [-0.3, -0.25) is 29.3 Å². The fraction of sp³-hybridized carbons (Fsp3) is 0.600. The fourth-order valence-electron chi connectivity index (χ4n) is 5.03. The van der Waals surface area contributed by atoms with Crippen molar-refractivity contribution in [3.8, 4) is 0 Å². The third-order valence-corrected chi connectivity index (χ3v) is 6.56. The third kappa shape index (κ3) is 5.52. The van der Waals surface area contributed by atoms with Gasteiger partial charge in [-0.15, -0.1) is 0 Å². The molecule has 2 aliphatic heterocycles. The van der Waals surface area contributed by atoms with Gasteiger partial charge in [0.05, 0.1) is 36.1 Å². The van der Waals surface area contributed by atoms with Crippen LogP contribution in [0.5, 0.6) is 0 Å². The topological polar surface area (TPSA) is 93.5 Å². The molecule has 2 atom stereocenters. The number of alkyl halides is 2. The average molecular weight is 491 g/mol. The zero-order chi connectivity index (χ0) is 25.5. The first-order chi connectivity index (χ1) is 16.3. The molecule has 3 heterocycles. The molecule has 4 rings (SSSR count). The van der Waals surface area contributed by atoms with Crippen molar-refractivity contribution in [2.24, 2.45) is 7.05 Å². The van der Waals surface area contributed by atoms with E-state index in [-0.39, 0.29) is 24.8 Å². The molecular formula is C25H32F2N4O4. The SMILES string of the molecule is Cn1nc([C@@H]2CCCC(=O)NC2=O)c2ccc(C3CCN(CC(=O)OC(C)(C)C)CC3(F)F)cc21. The van der Waals surface area contributed by atoms with Crippen LogP contribution in [0.2, 0.25) is 0 Å². The van der Waals surface area contributed by atoms with E-state index in [1.54, 1.807) is 50.7 Å². The lowest BCUT2D eigenvalue weighted by Gasteiger charge is -2.38. The molecule has 0 spiro atoms. The molecule has 1 unspecified atom stereocenters. The van der Waals surface area contributed by atoms with Crippen molar-refractivity contribution in [1.82, 2.24) is 20.0 Å². The minimum atomic E-state index is -3.03. The van der Waals surface area contributed by atoms with E-state index < -0.39 is 35.9 Å². The summed E-state index contributed by atoms with van der Waals surface area (Å²) in [5.41, 5.74) is 1.05. The van der Waals surface area contributed by atoms with E-state index in [4.69, 9.17) is 4.74 Å². The van der Waals surface area contributed by atoms with Gasteiger partial charge in [-0.1, -0.05) is 12.1 Å². The van der Waals surface area contributed by atoms with Crippen molar-refractivity contribution in [3.05, 3.63) is 29.5 Å². The van der Waals surface area contributed by atoms with Gasteiger partial charge in [-0.2, -0.15) is 5.10 Å². The van der Waals surface area contributed by atoms with Crippen molar-refractivity contribution in [2.45, 2.75) is 69.8 Å². The minimum Gasteiger partial charge on any atom is -0.459 e. The molecule has 2 saturated heterocycles. The maximum atomic E-state index is 15.2. The summed E-state index contributed by atoms with van der Waals surface area (Å²) in [6.07, 6.45) is 1.56. The molecule has 1 aromatic heterocycles. The number of nitrogens with one attached hydrogen (secondary N) is 1. The number of amides is 2. The zero-order valence-electron chi connectivity index (χ0n) is 20.6. The molecule has 0 radical (unpaired) electrons. The van der Waals surface area contributed by atoms with Crippen molar-refractivity contribution in [1.29, 1.82) is 0 Å². The Balaban J connectivity index is 1.54. The normalized spacial score (nSPS) is 23.7. The van der Waals surface area contributed by atoms with Crippen LogP contribution in [0.4, 0.5) is 8.78 Å². The number of rotatable bonds is 4. The van der Waals surface area contributed by atoms with Gasteiger partial charge in [0.1, 0.15) is 5.60 Å². The zero-order valence-corrected chi connectivity index (χ0v) is 20.6. The van der Waals surface area contributed by atoms with Gasteiger partial charge in [0.25, 0.3) is 5.92 Å². The molecule has 1 aromatic carbocycles. The number of carbonyl (C=O) groups excluding carboxylic acids is 3. The van der Waals surface area contributed by atoms with Crippen molar-refractivity contribution < 1.29 is 27.9 Å². The van der Waals surface area contributed by atoms with Crippen LogP contribution in [0.15, 0.2) is 18.2 Å². The quantitative estimate of drug-likeness (QED) is 0.523. The number of benzene rings is 1. The van der Waals surface area contributed by atoms with E-state index in [2.05, 4.69) is 10.4 Å². The molecule has 0 saturated carbocycles. The molecule has 190 valence electrons. The Morgan fingerprint density at radius 2 is 2.00 bits per heavy atom. The van der Waals surface area contributed by atoms with Crippen LogP contribution < -0.4 is 5.32 Å². The molecule has 35 heavy (non-hydrogen) atoms. The van der Waals surface area contributed by atoms with Crippen LogP contribution in [0.3, 0.4) is 0 Å². The molecule has 0 bridgehead atoms. The van der Waals surface area contributed by atoms with Crippen LogP contribution in [0, 0.1) is 0 Å². The molecule has 10 heteroatoms. The van der Waals surface area contributed by atoms with E-state index in [1.807, 2.05) is 0 Å². The molecule has 2 aliphatic rings. The number of nitrogens with zero attached hydrogens (tertiary/aromatic N) is 3. The average Bonchev–Trinajstić information content (AvgIpc) is 2.94. The summed E-state index contributed by atoms with van der Waals surface area (Å²) in [5.74, 6) is -5.77. The maximum absolute atomic E-state index is 15.2. The first kappa shape index (κ1) is 25.2. The molecule has 2 amide bonds. The third-order valence-electron chi connectivity index (χ3n) is 6.56. The molecule has 2 fully saturated rings. The number of aryl methyl sites for hydroxylation is 1. The standard InChI is InChI=1S/C25H32F2N4O4/c1-24(2,3)35-21(33)13-31-11-10-18(25(26,27)14-31)15-8-9-16-19(12-15)30(4)29-22(16)17-6-5-7-20(32)28-23(17)34/h8-9,12,17-18H,5-7,10-11,13-14H2,1-4H3,(H,28,32,34)/t17-,18?/m0/s1. The van der Waals surface area contributed by atoms with Crippen LogP contribution in [0.25, 0.3) is 10.9 Å². The van der Waals surface area contributed by atoms with Gasteiger partial charge in [0, 0.05) is 18.9 Å². The highest BCUT2D eigenvalue weighted by Crippen LogP contribution is 2.41. The summed E-state index contributed by atoms with van der Waals surface area (Å²) < 4.78 is 37.3. The second kappa shape index (κ2) is 9.29. The number of halogens is 2. The first-order valence-electron chi connectivity index (χ1n) is 12.0. The summed E-state index contributed by atoms with van der Waals surface area (Å²) in [6.45, 7) is 4.89. The number of esters is 1. The summed E-state index contributed by atoms with van der Waals surface area (Å²) in [5, 5.41) is 7.65. The summed E-state index contributed by atoms with van der Waals surface area (Å²) in [7, 11) is 1.72. The second-order valence-electron chi connectivity index (χ2n) is 10.5. The Bertz CT molecular complexity index is 1150. The fourth-order valence-corrected chi connectivity index (χ4v) is 5.03. The second-order valence-corrected chi connectivity index (χ2v) is 10.5. The Morgan fingerprint density at radius 3 is 2.69 bits per heavy atom. The largest absolute Gasteiger partial charge is 0.459 e. The summed E-state index contributed by atoms with van der Waals surface area (Å²) in [6, 6.07) is 5.14. The number of hydrogen-bond donors (Lipinski definition) is 1. The number of aromatic nitrogens is 2. The molecule has 2 aromatic rings. The Kier molecular flexibility index (Phi) is 6.70. The lowest BCUT2D eigenvalue weighted by Crippen LogP contribution is -2.49. The van der Waals surface area contributed by atoms with Crippen LogP contribution in [-0.4, -0.2) is 63.6 Å². The Hall–Kier alpha value is -2.88. The number of likely N-dealkylation sites (tertiary alicyclic amines) is 1. The van der Waals surface area contributed by atoms with Crippen molar-refractivity contribution in [3.63, 3.8) is 0 Å². The highest BCUT2D eigenvalue weighted by molar-refractivity contribution is 6.01. The van der Waals surface area contributed by atoms with E-state index in [0.717, 1.165) is 5.39 Å². The molecule has 0 aliphatic carbocycles. The van der Waals surface area contributed by atoms with Gasteiger partial charge in [-0.05, 0) is 58.2 Å². The van der Waals surface area contributed by atoms with Crippen LogP contribution >= 0.6 is 0 Å². The lowest BCUT2D eigenvalue weighted by molar-refractivity contribution is -0.159. The number of hydrogen-bond acceptors (Lipinski definition) is 6. The molecular weight excluding hydrogens is 458 g/mol. The van der Waals surface area contributed by atoms with E-state index in [1.165, 1.54) is 4.90 Å². The Labute approximate surface area is 203 Å². The lowest BCUT2D eigenvalue weighted by atomic mass is 9.85. The number of piperidine rings is 1. The minimum absolute atomic E-state index is 0.171. The van der Waals surface area contributed by atoms with Crippen molar-refractivity contribution >= 4 is 28.7 Å². The smallest absolute Gasteiger partial charge is 0.320 e. The van der Waals surface area contributed by atoms with Crippen LogP contribution in [-0.2, 0) is 26.2 Å². The number of carbonyl (C=O) groups is 3. The predicted molar refractivity (Wildman–Crippen MR) is 125 cm³/mol. The first-order valence-corrected chi connectivity index (χ1v) is 12.0. The summed E-state index contributed by atoms with van der Waals surface area (Å²) >= 11 is 0. The van der Waals surface area contributed by atoms with E-state index >= 15 is 8.78 Å². The van der Waals surface area contributed by atoms with Crippen LogP contribution in [0.1, 0.15) is 69.5 Å². The van der Waals surface area contributed by atoms with Gasteiger partial charge in [0.2, 0.25) is 11.8 Å². The van der Waals surface area contributed by atoms with Crippen molar-refractivity contribution in [2.75, 3.05) is 19.6 Å². The van der Waals surface area contributed by atoms with E-state index in [9.17, 15) is 14.4 Å². The summed E-state index contributed by atoms with van der Waals surface area (Å²) in [4.78, 5) is 37.8. The van der Waals surface area contributed by atoms with Gasteiger partial charge >= 0.3 is 5.97 Å². The Morgan fingerprint density at radius 1 is 1.26 bits per heavy atom. The highest BCUT2D eigenvalue weighted by atomic mass is 19.3. The highest BCUT2D eigenvalue weighted by Gasteiger charge is 2.46. The predicted octanol–water partition coefficient (Wildman–Crippen LogP) is 3.25. The number of ether oxygens (including phenoxy) is 1. The molecule has 1 N–H and O–H groups in total. The van der Waals surface area contributed by atoms with Gasteiger partial charge < -0.3 is 4.74 Å².